The van der Waals surface area contributed by atoms with Crippen LogP contribution in [0.5, 0.6) is 11.5 Å². The number of rotatable bonds is 9. The summed E-state index contributed by atoms with van der Waals surface area (Å²) in [5.74, 6) is 0.718. The maximum Gasteiger partial charge on any atom is 0.222 e. The molecule has 0 saturated heterocycles. The highest BCUT2D eigenvalue weighted by molar-refractivity contribution is 5.76. The third kappa shape index (κ3) is 6.00. The van der Waals surface area contributed by atoms with Crippen molar-refractivity contribution < 1.29 is 18.7 Å². The highest BCUT2D eigenvalue weighted by atomic mass is 19.1. The minimum absolute atomic E-state index is 0.00263. The number of nitrogens with zero attached hydrogens (tertiary/aromatic N) is 2. The lowest BCUT2D eigenvalue weighted by molar-refractivity contribution is -0.131. The summed E-state index contributed by atoms with van der Waals surface area (Å²) >= 11 is 0. The molecule has 0 spiro atoms. The van der Waals surface area contributed by atoms with E-state index < -0.39 is 0 Å². The third-order valence-electron chi connectivity index (χ3n) is 4.08. The highest BCUT2D eigenvalue weighted by Crippen LogP contribution is 2.28. The van der Waals surface area contributed by atoms with E-state index in [4.69, 9.17) is 14.7 Å². The Kier molecular flexibility index (Phi) is 7.63. The number of benzene rings is 2. The number of amides is 1. The van der Waals surface area contributed by atoms with E-state index in [1.165, 1.54) is 19.2 Å². The smallest absolute Gasteiger partial charge is 0.222 e. The summed E-state index contributed by atoms with van der Waals surface area (Å²) in [5.41, 5.74) is 1.26. The second-order valence-electron chi connectivity index (χ2n) is 5.97. The number of halogens is 1. The van der Waals surface area contributed by atoms with Crippen LogP contribution in [0.3, 0.4) is 0 Å². The number of hydrogen-bond donors (Lipinski definition) is 0. The van der Waals surface area contributed by atoms with E-state index in [1.807, 2.05) is 13.0 Å². The van der Waals surface area contributed by atoms with Gasteiger partial charge in [0.05, 0.1) is 25.3 Å². The van der Waals surface area contributed by atoms with E-state index in [2.05, 4.69) is 0 Å². The molecule has 0 heterocycles. The molecule has 0 unspecified atom stereocenters. The lowest BCUT2D eigenvalue weighted by atomic mass is 10.2. The van der Waals surface area contributed by atoms with Gasteiger partial charge in [0.2, 0.25) is 5.91 Å². The van der Waals surface area contributed by atoms with Crippen LogP contribution in [0.15, 0.2) is 42.5 Å². The Hall–Kier alpha value is -3.07. The number of carbonyl (C=O) groups is 1. The summed E-state index contributed by atoms with van der Waals surface area (Å²) in [6.45, 7) is 3.19. The lowest BCUT2D eigenvalue weighted by Gasteiger charge is -2.21. The van der Waals surface area contributed by atoms with Crippen molar-refractivity contribution in [1.82, 2.24) is 4.90 Å². The predicted octanol–water partition coefficient (Wildman–Crippen LogP) is 3.91. The molecule has 0 radical (unpaired) electrons. The van der Waals surface area contributed by atoms with Crippen molar-refractivity contribution >= 4 is 5.91 Å². The van der Waals surface area contributed by atoms with Gasteiger partial charge in [0.25, 0.3) is 0 Å². The predicted molar refractivity (Wildman–Crippen MR) is 99.9 cm³/mol. The van der Waals surface area contributed by atoms with E-state index in [0.29, 0.717) is 49.6 Å². The van der Waals surface area contributed by atoms with Crippen molar-refractivity contribution in [3.05, 3.63) is 59.4 Å². The van der Waals surface area contributed by atoms with Crippen LogP contribution in [0.1, 0.15) is 30.9 Å². The van der Waals surface area contributed by atoms with Gasteiger partial charge in [-0.3, -0.25) is 4.79 Å². The molecule has 142 valence electrons. The topological polar surface area (TPSA) is 62.6 Å². The molecule has 0 N–H and O–H groups in total. The average molecular weight is 370 g/mol. The lowest BCUT2D eigenvalue weighted by Crippen LogP contribution is -2.30. The fraction of sp³-hybridized carbons (Fsp3) is 0.333. The van der Waals surface area contributed by atoms with Gasteiger partial charge in [0.1, 0.15) is 5.82 Å². The van der Waals surface area contributed by atoms with Gasteiger partial charge in [-0.05, 0) is 43.2 Å². The van der Waals surface area contributed by atoms with Crippen molar-refractivity contribution in [2.24, 2.45) is 0 Å². The first-order valence-electron chi connectivity index (χ1n) is 8.80. The summed E-state index contributed by atoms with van der Waals surface area (Å²) in [6.07, 6.45) is 0.878. The van der Waals surface area contributed by atoms with Gasteiger partial charge in [-0.25, -0.2) is 4.39 Å². The SMILES string of the molecule is CCN(Cc1cccc(F)c1)C(=O)CCCOc1ccc(C#N)cc1OC. The molecule has 5 nitrogen and oxygen atoms in total. The van der Waals surface area contributed by atoms with Crippen LogP contribution in [0.2, 0.25) is 0 Å². The first-order chi connectivity index (χ1) is 13.1. The molecule has 0 bridgehead atoms. The molecule has 27 heavy (non-hydrogen) atoms. The van der Waals surface area contributed by atoms with Crippen LogP contribution in [0.4, 0.5) is 4.39 Å². The molecule has 2 rings (SSSR count). The minimum atomic E-state index is -0.305. The summed E-state index contributed by atoms with van der Waals surface area (Å²) in [5, 5.41) is 8.91. The van der Waals surface area contributed by atoms with E-state index in [0.717, 1.165) is 5.56 Å². The molecule has 2 aromatic rings. The Morgan fingerprint density at radius 1 is 1.22 bits per heavy atom. The largest absolute Gasteiger partial charge is 0.493 e. The molecular weight excluding hydrogens is 347 g/mol. The van der Waals surface area contributed by atoms with Gasteiger partial charge < -0.3 is 14.4 Å². The van der Waals surface area contributed by atoms with Crippen LogP contribution in [0, 0.1) is 17.1 Å². The van der Waals surface area contributed by atoms with Gasteiger partial charge in [0, 0.05) is 25.6 Å². The van der Waals surface area contributed by atoms with Gasteiger partial charge in [-0.15, -0.1) is 0 Å². The molecular formula is C21H23FN2O3. The highest BCUT2D eigenvalue weighted by Gasteiger charge is 2.13. The zero-order valence-corrected chi connectivity index (χ0v) is 15.6. The molecule has 0 saturated carbocycles. The van der Waals surface area contributed by atoms with Crippen molar-refractivity contribution in [2.75, 3.05) is 20.3 Å². The first kappa shape index (κ1) is 20.2. The van der Waals surface area contributed by atoms with Crippen molar-refractivity contribution in [3.8, 4) is 17.6 Å². The molecule has 6 heteroatoms. The maximum absolute atomic E-state index is 13.3. The fourth-order valence-corrected chi connectivity index (χ4v) is 2.65. The van der Waals surface area contributed by atoms with Gasteiger partial charge in [-0.2, -0.15) is 5.26 Å². The fourth-order valence-electron chi connectivity index (χ4n) is 2.65. The Labute approximate surface area is 158 Å². The number of ether oxygens (including phenoxy) is 2. The summed E-state index contributed by atoms with van der Waals surface area (Å²) < 4.78 is 24.2. The van der Waals surface area contributed by atoms with Crippen LogP contribution < -0.4 is 9.47 Å². The second kappa shape index (κ2) is 10.2. The first-order valence-corrected chi connectivity index (χ1v) is 8.80. The van der Waals surface area contributed by atoms with Crippen LogP contribution in [0.25, 0.3) is 0 Å². The summed E-state index contributed by atoms with van der Waals surface area (Å²) in [6, 6.07) is 13.3. The van der Waals surface area contributed by atoms with Gasteiger partial charge >= 0.3 is 0 Å². The van der Waals surface area contributed by atoms with E-state index in [9.17, 15) is 9.18 Å². The van der Waals surface area contributed by atoms with Crippen LogP contribution in [-0.2, 0) is 11.3 Å². The second-order valence-corrected chi connectivity index (χ2v) is 5.97. The number of methoxy groups -OCH3 is 1. The van der Waals surface area contributed by atoms with E-state index in [-0.39, 0.29) is 11.7 Å². The Balaban J connectivity index is 1.83. The van der Waals surface area contributed by atoms with E-state index in [1.54, 1.807) is 35.2 Å². The van der Waals surface area contributed by atoms with Crippen molar-refractivity contribution in [2.45, 2.75) is 26.3 Å². The van der Waals surface area contributed by atoms with Crippen LogP contribution >= 0.6 is 0 Å². The Morgan fingerprint density at radius 3 is 2.70 bits per heavy atom. The molecule has 2 aromatic carbocycles. The summed E-state index contributed by atoms with van der Waals surface area (Å²) in [4.78, 5) is 14.1. The maximum atomic E-state index is 13.3. The number of hydrogen-bond acceptors (Lipinski definition) is 4. The zero-order valence-electron chi connectivity index (χ0n) is 15.6. The van der Waals surface area contributed by atoms with E-state index >= 15 is 0 Å². The monoisotopic (exact) mass is 370 g/mol. The minimum Gasteiger partial charge on any atom is -0.493 e. The Bertz CT molecular complexity index is 817. The van der Waals surface area contributed by atoms with Crippen LogP contribution in [-0.4, -0.2) is 31.1 Å². The normalized spacial score (nSPS) is 10.1. The molecule has 0 aliphatic heterocycles. The van der Waals surface area contributed by atoms with Crippen molar-refractivity contribution in [3.63, 3.8) is 0 Å². The molecule has 0 fully saturated rings. The third-order valence-corrected chi connectivity index (χ3v) is 4.08. The Morgan fingerprint density at radius 2 is 2.04 bits per heavy atom. The average Bonchev–Trinajstić information content (AvgIpc) is 2.69. The molecule has 1 amide bonds. The molecule has 0 aliphatic rings. The van der Waals surface area contributed by atoms with Gasteiger partial charge in [-0.1, -0.05) is 12.1 Å². The van der Waals surface area contributed by atoms with Gasteiger partial charge in [0.15, 0.2) is 11.5 Å². The molecule has 0 aliphatic carbocycles. The number of carbonyl (C=O) groups excluding carboxylic acids is 1. The van der Waals surface area contributed by atoms with Crippen molar-refractivity contribution in [1.29, 1.82) is 5.26 Å². The molecule has 0 aromatic heterocycles. The standard InChI is InChI=1S/C21H23FN2O3/c1-3-24(15-17-6-4-7-18(22)12-17)21(25)8-5-11-27-19-10-9-16(14-23)13-20(19)26-2/h4,6-7,9-10,12-13H,3,5,8,11,15H2,1-2H3. The number of nitriles is 1. The quantitative estimate of drug-likeness (QED) is 0.628. The zero-order chi connectivity index (χ0) is 19.6. The molecule has 0 atom stereocenters. The summed E-state index contributed by atoms with van der Waals surface area (Å²) in [7, 11) is 1.51.